The highest BCUT2D eigenvalue weighted by Gasteiger charge is 2.22. The number of hydrogen-bond acceptors (Lipinski definition) is 5. The zero-order chi connectivity index (χ0) is 19.8. The average molecular weight is 371 g/mol. The molecule has 4 rings (SSSR count). The van der Waals surface area contributed by atoms with Crippen LogP contribution in [0.4, 0.5) is 5.69 Å². The lowest BCUT2D eigenvalue weighted by Gasteiger charge is -2.03. The van der Waals surface area contributed by atoms with Crippen LogP contribution in [0.2, 0.25) is 0 Å². The summed E-state index contributed by atoms with van der Waals surface area (Å²) in [6.07, 6.45) is 1.46. The molecule has 0 aliphatic rings. The molecule has 0 aliphatic carbocycles. The number of para-hydroxylation sites is 1. The molecule has 0 radical (unpaired) electrons. The van der Waals surface area contributed by atoms with Crippen molar-refractivity contribution >= 4 is 22.5 Å². The summed E-state index contributed by atoms with van der Waals surface area (Å²) in [4.78, 5) is 23.8. The Labute approximate surface area is 159 Å². The number of nitro benzene ring substituents is 1. The monoisotopic (exact) mass is 371 g/mol. The molecule has 0 fully saturated rings. The van der Waals surface area contributed by atoms with Crippen LogP contribution in [0.25, 0.3) is 22.2 Å². The van der Waals surface area contributed by atoms with Gasteiger partial charge < -0.3 is 4.42 Å². The van der Waals surface area contributed by atoms with Crippen molar-refractivity contribution in [2.75, 3.05) is 0 Å². The van der Waals surface area contributed by atoms with E-state index in [4.69, 9.17) is 4.42 Å². The first-order valence-electron chi connectivity index (χ1n) is 8.39. The van der Waals surface area contributed by atoms with Crippen molar-refractivity contribution in [3.8, 4) is 17.4 Å². The second-order valence-corrected chi connectivity index (χ2v) is 6.29. The first-order valence-corrected chi connectivity index (χ1v) is 8.39. The molecule has 2 heterocycles. The first-order chi connectivity index (χ1) is 13.5. The van der Waals surface area contributed by atoms with Gasteiger partial charge in [0.2, 0.25) is 0 Å². The van der Waals surface area contributed by atoms with Gasteiger partial charge >= 0.3 is 0 Å². The SMILES string of the molecule is Cc1ccc(-c2ccc(C(=O)n3cc(C#N)c4ccccc43)o2)c([N+](=O)[O-])c1. The maximum atomic E-state index is 12.9. The minimum absolute atomic E-state index is 0.0233. The summed E-state index contributed by atoms with van der Waals surface area (Å²) >= 11 is 0. The normalized spacial score (nSPS) is 10.7. The van der Waals surface area contributed by atoms with Crippen LogP contribution in [0.5, 0.6) is 0 Å². The van der Waals surface area contributed by atoms with Gasteiger partial charge in [0.25, 0.3) is 11.6 Å². The lowest BCUT2D eigenvalue weighted by molar-refractivity contribution is -0.384. The van der Waals surface area contributed by atoms with Gasteiger partial charge in [-0.1, -0.05) is 24.3 Å². The summed E-state index contributed by atoms with van der Waals surface area (Å²) in [5.41, 5.74) is 1.92. The van der Waals surface area contributed by atoms with Crippen molar-refractivity contribution in [3.63, 3.8) is 0 Å². The van der Waals surface area contributed by atoms with Crippen molar-refractivity contribution in [1.82, 2.24) is 4.57 Å². The summed E-state index contributed by atoms with van der Waals surface area (Å²) in [6.45, 7) is 1.76. The van der Waals surface area contributed by atoms with E-state index in [0.29, 0.717) is 22.0 Å². The number of nitrogens with zero attached hydrogens (tertiary/aromatic N) is 3. The first kappa shape index (κ1) is 17.2. The molecule has 0 bridgehead atoms. The molecular formula is C21H13N3O4. The highest BCUT2D eigenvalue weighted by atomic mass is 16.6. The van der Waals surface area contributed by atoms with Crippen LogP contribution in [0.15, 0.2) is 65.2 Å². The molecule has 2 aromatic carbocycles. The number of benzene rings is 2. The van der Waals surface area contributed by atoms with Gasteiger partial charge in [-0.05, 0) is 36.8 Å². The molecule has 0 unspecified atom stereocenters. The average Bonchev–Trinajstić information content (AvgIpc) is 3.32. The predicted molar refractivity (Wildman–Crippen MR) is 102 cm³/mol. The van der Waals surface area contributed by atoms with E-state index in [-0.39, 0.29) is 17.2 Å². The third-order valence-electron chi connectivity index (χ3n) is 4.48. The second-order valence-electron chi connectivity index (χ2n) is 6.29. The smallest absolute Gasteiger partial charge is 0.298 e. The number of carbonyl (C=O) groups excluding carboxylic acids is 1. The van der Waals surface area contributed by atoms with Crippen molar-refractivity contribution in [2.45, 2.75) is 6.92 Å². The fourth-order valence-electron chi connectivity index (χ4n) is 3.15. The number of hydrogen-bond donors (Lipinski definition) is 0. The van der Waals surface area contributed by atoms with E-state index in [1.807, 2.05) is 0 Å². The quantitative estimate of drug-likeness (QED) is 0.384. The van der Waals surface area contributed by atoms with Gasteiger partial charge in [-0.25, -0.2) is 0 Å². The molecule has 2 aromatic heterocycles. The van der Waals surface area contributed by atoms with E-state index in [9.17, 15) is 20.2 Å². The predicted octanol–water partition coefficient (Wildman–Crippen LogP) is 4.68. The Balaban J connectivity index is 1.78. The molecule has 0 aliphatic heterocycles. The Morgan fingerprint density at radius 3 is 2.71 bits per heavy atom. The number of nitriles is 1. The summed E-state index contributed by atoms with van der Waals surface area (Å²) in [5.74, 6) is -0.208. The van der Waals surface area contributed by atoms with E-state index in [0.717, 1.165) is 5.56 Å². The number of aromatic nitrogens is 1. The van der Waals surface area contributed by atoms with Crippen LogP contribution in [-0.4, -0.2) is 15.4 Å². The van der Waals surface area contributed by atoms with Gasteiger partial charge in [0.05, 0.1) is 21.6 Å². The van der Waals surface area contributed by atoms with E-state index in [1.165, 1.54) is 29.0 Å². The van der Waals surface area contributed by atoms with Crippen molar-refractivity contribution in [1.29, 1.82) is 5.26 Å². The van der Waals surface area contributed by atoms with Crippen LogP contribution < -0.4 is 0 Å². The third kappa shape index (κ3) is 2.73. The fraction of sp³-hybridized carbons (Fsp3) is 0.0476. The van der Waals surface area contributed by atoms with Crippen molar-refractivity contribution < 1.29 is 14.1 Å². The van der Waals surface area contributed by atoms with Crippen molar-refractivity contribution in [3.05, 3.63) is 87.8 Å². The minimum Gasteiger partial charge on any atom is -0.451 e. The molecule has 136 valence electrons. The zero-order valence-electron chi connectivity index (χ0n) is 14.7. The maximum Gasteiger partial charge on any atom is 0.298 e. The molecule has 7 heteroatoms. The standard InChI is InChI=1S/C21H13N3O4/c1-13-6-7-16(18(10-13)24(26)27)19-8-9-20(28-19)21(25)23-12-14(11-22)15-4-2-3-5-17(15)23/h2-10,12H,1H3. The molecule has 0 saturated heterocycles. The van der Waals surface area contributed by atoms with E-state index < -0.39 is 10.8 Å². The molecule has 0 saturated carbocycles. The lowest BCUT2D eigenvalue weighted by atomic mass is 10.1. The van der Waals surface area contributed by atoms with Gasteiger partial charge in [-0.2, -0.15) is 5.26 Å². The summed E-state index contributed by atoms with van der Waals surface area (Å²) in [6, 6.07) is 16.9. The third-order valence-corrected chi connectivity index (χ3v) is 4.48. The number of furan rings is 1. The van der Waals surface area contributed by atoms with Crippen LogP contribution in [-0.2, 0) is 0 Å². The molecule has 0 spiro atoms. The summed E-state index contributed by atoms with van der Waals surface area (Å²) in [7, 11) is 0. The van der Waals surface area contributed by atoms with Gasteiger partial charge in [0.1, 0.15) is 11.8 Å². The van der Waals surface area contributed by atoms with E-state index in [1.54, 1.807) is 43.3 Å². The highest BCUT2D eigenvalue weighted by Crippen LogP contribution is 2.32. The molecule has 0 atom stereocenters. The second kappa shape index (κ2) is 6.52. The number of nitro groups is 1. The van der Waals surface area contributed by atoms with Crippen LogP contribution >= 0.6 is 0 Å². The molecule has 7 nitrogen and oxygen atoms in total. The number of rotatable bonds is 3. The topological polar surface area (TPSA) is 102 Å². The van der Waals surface area contributed by atoms with Crippen LogP contribution in [0.1, 0.15) is 21.7 Å². The van der Waals surface area contributed by atoms with E-state index >= 15 is 0 Å². The summed E-state index contributed by atoms with van der Waals surface area (Å²) < 4.78 is 7.00. The number of carbonyl (C=O) groups is 1. The van der Waals surface area contributed by atoms with E-state index in [2.05, 4.69) is 6.07 Å². The zero-order valence-corrected chi connectivity index (χ0v) is 14.7. The van der Waals surface area contributed by atoms with Gasteiger partial charge in [0, 0.05) is 17.6 Å². The molecule has 0 N–H and O–H groups in total. The van der Waals surface area contributed by atoms with Gasteiger partial charge in [-0.15, -0.1) is 0 Å². The lowest BCUT2D eigenvalue weighted by Crippen LogP contribution is -2.09. The fourth-order valence-corrected chi connectivity index (χ4v) is 3.15. The Kier molecular flexibility index (Phi) is 4.02. The Morgan fingerprint density at radius 1 is 1.18 bits per heavy atom. The number of fused-ring (bicyclic) bond motifs is 1. The van der Waals surface area contributed by atoms with Gasteiger partial charge in [-0.3, -0.25) is 19.5 Å². The minimum atomic E-state index is -0.481. The maximum absolute atomic E-state index is 12.9. The Bertz CT molecular complexity index is 1290. The highest BCUT2D eigenvalue weighted by molar-refractivity contribution is 6.02. The Hall–Kier alpha value is -4.18. The molecule has 28 heavy (non-hydrogen) atoms. The van der Waals surface area contributed by atoms with Crippen LogP contribution in [0.3, 0.4) is 0 Å². The van der Waals surface area contributed by atoms with Crippen molar-refractivity contribution in [2.24, 2.45) is 0 Å². The van der Waals surface area contributed by atoms with Crippen LogP contribution in [0, 0.1) is 28.4 Å². The summed E-state index contributed by atoms with van der Waals surface area (Å²) in [5, 5.41) is 21.3. The molecule has 4 aromatic rings. The number of aryl methyl sites for hydroxylation is 1. The Morgan fingerprint density at radius 2 is 1.96 bits per heavy atom. The largest absolute Gasteiger partial charge is 0.451 e. The molecule has 0 amide bonds. The molecular weight excluding hydrogens is 358 g/mol. The van der Waals surface area contributed by atoms with Gasteiger partial charge in [0.15, 0.2) is 5.76 Å².